The third-order valence-corrected chi connectivity index (χ3v) is 5.64. The monoisotopic (exact) mass is 460 g/mol. The molecule has 0 saturated heterocycles. The van der Waals surface area contributed by atoms with Crippen LogP contribution in [0.2, 0.25) is 0 Å². The summed E-state index contributed by atoms with van der Waals surface area (Å²) in [6.07, 6.45) is 3.19. The Bertz CT molecular complexity index is 1210. The summed E-state index contributed by atoms with van der Waals surface area (Å²) in [7, 11) is 0. The van der Waals surface area contributed by atoms with Gasteiger partial charge in [-0.2, -0.15) is 0 Å². The van der Waals surface area contributed by atoms with Crippen molar-refractivity contribution >= 4 is 11.7 Å². The fourth-order valence-corrected chi connectivity index (χ4v) is 3.85. The van der Waals surface area contributed by atoms with E-state index in [1.165, 1.54) is 0 Å². The summed E-state index contributed by atoms with van der Waals surface area (Å²) >= 11 is 0. The maximum Gasteiger partial charge on any atom is 0.248 e. The van der Waals surface area contributed by atoms with Gasteiger partial charge in [-0.25, -0.2) is 0 Å². The van der Waals surface area contributed by atoms with E-state index < -0.39 is 12.0 Å². The Labute approximate surface area is 198 Å². The van der Waals surface area contributed by atoms with E-state index in [9.17, 15) is 9.59 Å². The molecule has 3 aromatic rings. The lowest BCUT2D eigenvalue weighted by molar-refractivity contribution is 0.0931. The average Bonchev–Trinajstić information content (AvgIpc) is 2.83. The van der Waals surface area contributed by atoms with Crippen LogP contribution in [-0.4, -0.2) is 29.9 Å². The molecule has 1 aliphatic rings. The number of carbonyl (C=O) groups is 2. The topological polar surface area (TPSA) is 101 Å². The minimum absolute atomic E-state index is 0.0630. The zero-order valence-electron chi connectivity index (χ0n) is 19.5. The molecule has 0 radical (unpaired) electrons. The van der Waals surface area contributed by atoms with Crippen LogP contribution in [0.3, 0.4) is 0 Å². The van der Waals surface area contributed by atoms with E-state index in [-0.39, 0.29) is 11.7 Å². The molecule has 0 saturated carbocycles. The second-order valence-corrected chi connectivity index (χ2v) is 8.69. The Balaban J connectivity index is 1.80. The van der Waals surface area contributed by atoms with Gasteiger partial charge in [-0.3, -0.25) is 14.6 Å². The van der Waals surface area contributed by atoms with Crippen molar-refractivity contribution in [2.75, 3.05) is 13.2 Å². The van der Waals surface area contributed by atoms with Gasteiger partial charge >= 0.3 is 0 Å². The molecule has 2 heterocycles. The minimum atomic E-state index is -0.567. The van der Waals surface area contributed by atoms with Crippen LogP contribution < -0.4 is 19.9 Å². The van der Waals surface area contributed by atoms with E-state index in [1.54, 1.807) is 42.7 Å². The molecule has 0 bridgehead atoms. The minimum Gasteiger partial charge on any atom is -0.493 e. The van der Waals surface area contributed by atoms with Crippen LogP contribution in [0.15, 0.2) is 54.9 Å². The second-order valence-electron chi connectivity index (χ2n) is 8.69. The van der Waals surface area contributed by atoms with Crippen molar-refractivity contribution in [3.05, 3.63) is 82.7 Å². The fraction of sp³-hybridized carbons (Fsp3) is 0.296. The van der Waals surface area contributed by atoms with Gasteiger partial charge in [0, 0.05) is 41.1 Å². The Morgan fingerprint density at radius 1 is 1.12 bits per heavy atom. The molecular weight excluding hydrogens is 432 g/mol. The standard InChI is InChI=1S/C27H28N2O5/c1-16(2)15-33-24-14-19(27(28)31)4-5-21(24)26(18-8-11-29-12-9-18)34-23-7-6-20-22(30)10-13-32-25(20)17(23)3/h4-9,11-12,14,16,26H,10,13,15H2,1-3H3,(H2,28,31). The molecule has 1 aliphatic heterocycles. The lowest BCUT2D eigenvalue weighted by atomic mass is 9.98. The van der Waals surface area contributed by atoms with Gasteiger partial charge in [-0.15, -0.1) is 0 Å². The molecule has 0 spiro atoms. The number of fused-ring (bicyclic) bond motifs is 1. The average molecular weight is 461 g/mol. The number of aromatic nitrogens is 1. The molecule has 1 unspecified atom stereocenters. The summed E-state index contributed by atoms with van der Waals surface area (Å²) in [5, 5.41) is 0. The number of ether oxygens (including phenoxy) is 3. The zero-order chi connectivity index (χ0) is 24.2. The molecule has 2 aromatic carbocycles. The van der Waals surface area contributed by atoms with E-state index >= 15 is 0 Å². The third kappa shape index (κ3) is 4.88. The van der Waals surface area contributed by atoms with Crippen LogP contribution in [0.25, 0.3) is 0 Å². The lowest BCUT2D eigenvalue weighted by Gasteiger charge is -2.26. The number of pyridine rings is 1. The smallest absolute Gasteiger partial charge is 0.248 e. The van der Waals surface area contributed by atoms with E-state index in [1.807, 2.05) is 32.9 Å². The Morgan fingerprint density at radius 2 is 1.88 bits per heavy atom. The SMILES string of the molecule is Cc1c(OC(c2ccncc2)c2ccc(C(N)=O)cc2OCC(C)C)ccc2c1OCCC2=O. The molecule has 0 fully saturated rings. The second kappa shape index (κ2) is 9.95. The Kier molecular flexibility index (Phi) is 6.82. The molecule has 1 amide bonds. The molecular formula is C27H28N2O5. The largest absolute Gasteiger partial charge is 0.493 e. The molecule has 0 aliphatic carbocycles. The van der Waals surface area contributed by atoms with Crippen molar-refractivity contribution in [3.63, 3.8) is 0 Å². The van der Waals surface area contributed by atoms with Crippen molar-refractivity contribution in [2.24, 2.45) is 11.7 Å². The lowest BCUT2D eigenvalue weighted by Crippen LogP contribution is -2.18. The molecule has 34 heavy (non-hydrogen) atoms. The van der Waals surface area contributed by atoms with Crippen LogP contribution in [0.5, 0.6) is 17.2 Å². The number of Topliss-reactive ketones (excluding diaryl/α,β-unsaturated/α-hetero) is 1. The molecule has 1 aromatic heterocycles. The van der Waals surface area contributed by atoms with Crippen molar-refractivity contribution in [1.82, 2.24) is 4.98 Å². The summed E-state index contributed by atoms with van der Waals surface area (Å²) in [5.41, 5.74) is 8.79. The molecule has 7 heteroatoms. The van der Waals surface area contributed by atoms with Crippen molar-refractivity contribution in [2.45, 2.75) is 33.3 Å². The van der Waals surface area contributed by atoms with Gasteiger partial charge in [0.05, 0.1) is 18.8 Å². The highest BCUT2D eigenvalue weighted by atomic mass is 16.5. The maximum atomic E-state index is 12.3. The van der Waals surface area contributed by atoms with Gasteiger partial charge in [-0.1, -0.05) is 19.9 Å². The van der Waals surface area contributed by atoms with Crippen LogP contribution in [0.4, 0.5) is 0 Å². The number of rotatable bonds is 8. The highest BCUT2D eigenvalue weighted by Crippen LogP contribution is 2.40. The molecule has 4 rings (SSSR count). The van der Waals surface area contributed by atoms with Crippen LogP contribution in [0, 0.1) is 12.8 Å². The maximum absolute atomic E-state index is 12.3. The third-order valence-electron chi connectivity index (χ3n) is 5.64. The molecule has 176 valence electrons. The van der Waals surface area contributed by atoms with Gasteiger partial charge in [0.1, 0.15) is 17.2 Å². The summed E-state index contributed by atoms with van der Waals surface area (Å²) < 4.78 is 18.4. The number of amides is 1. The van der Waals surface area contributed by atoms with Gasteiger partial charge in [-0.05, 0) is 49.2 Å². The van der Waals surface area contributed by atoms with Crippen molar-refractivity contribution < 1.29 is 23.8 Å². The normalized spacial score (nSPS) is 13.7. The van der Waals surface area contributed by atoms with Crippen LogP contribution in [0.1, 0.15) is 63.8 Å². The van der Waals surface area contributed by atoms with Crippen molar-refractivity contribution in [3.8, 4) is 17.2 Å². The number of ketones is 1. The predicted octanol–water partition coefficient (Wildman–Crippen LogP) is 4.66. The first-order chi connectivity index (χ1) is 16.3. The molecule has 2 N–H and O–H groups in total. The number of primary amides is 1. The quantitative estimate of drug-likeness (QED) is 0.525. The summed E-state index contributed by atoms with van der Waals surface area (Å²) in [6, 6.07) is 12.4. The number of hydrogen-bond donors (Lipinski definition) is 1. The highest BCUT2D eigenvalue weighted by Gasteiger charge is 2.26. The molecule has 7 nitrogen and oxygen atoms in total. The number of carbonyl (C=O) groups excluding carboxylic acids is 2. The molecule has 1 atom stereocenters. The van der Waals surface area contributed by atoms with Gasteiger partial charge in [0.25, 0.3) is 0 Å². The number of nitrogens with two attached hydrogens (primary N) is 1. The number of hydrogen-bond acceptors (Lipinski definition) is 6. The van der Waals surface area contributed by atoms with Gasteiger partial charge in [0.2, 0.25) is 5.91 Å². The van der Waals surface area contributed by atoms with Gasteiger partial charge in [0.15, 0.2) is 11.9 Å². The highest BCUT2D eigenvalue weighted by molar-refractivity contribution is 6.00. The van der Waals surface area contributed by atoms with E-state index in [0.29, 0.717) is 48.0 Å². The van der Waals surface area contributed by atoms with E-state index in [0.717, 1.165) is 16.7 Å². The number of nitrogens with zero attached hydrogens (tertiary/aromatic N) is 1. The van der Waals surface area contributed by atoms with Crippen molar-refractivity contribution in [1.29, 1.82) is 0 Å². The first-order valence-electron chi connectivity index (χ1n) is 11.3. The summed E-state index contributed by atoms with van der Waals surface area (Å²) in [5.74, 6) is 1.48. The first-order valence-corrected chi connectivity index (χ1v) is 11.3. The Hall–Kier alpha value is -3.87. The summed E-state index contributed by atoms with van der Waals surface area (Å²) in [6.45, 7) is 6.79. The first kappa shape index (κ1) is 23.3. The zero-order valence-corrected chi connectivity index (χ0v) is 19.5. The Morgan fingerprint density at radius 3 is 2.59 bits per heavy atom. The van der Waals surface area contributed by atoms with E-state index in [4.69, 9.17) is 19.9 Å². The predicted molar refractivity (Wildman–Crippen MR) is 128 cm³/mol. The number of benzene rings is 2. The van der Waals surface area contributed by atoms with Crippen LogP contribution in [-0.2, 0) is 0 Å². The fourth-order valence-electron chi connectivity index (χ4n) is 3.85. The van der Waals surface area contributed by atoms with Crippen LogP contribution >= 0.6 is 0 Å². The van der Waals surface area contributed by atoms with E-state index in [2.05, 4.69) is 4.98 Å². The summed E-state index contributed by atoms with van der Waals surface area (Å²) in [4.78, 5) is 28.2. The van der Waals surface area contributed by atoms with Gasteiger partial charge < -0.3 is 19.9 Å².